The van der Waals surface area contributed by atoms with Crippen molar-refractivity contribution in [2.75, 3.05) is 11.1 Å². The standard InChI is InChI=1S/C11H13N3O/c1-3-7(2)13-11-14-10-8(12)5-4-6-9(10)15-11/h3-7H,1,12H2,2H3,(H,13,14). The van der Waals surface area contributed by atoms with Crippen molar-refractivity contribution in [1.82, 2.24) is 4.98 Å². The second-order valence-electron chi connectivity index (χ2n) is 3.38. The Balaban J connectivity index is 2.39. The lowest BCUT2D eigenvalue weighted by atomic mass is 10.3. The number of aromatic nitrogens is 1. The van der Waals surface area contributed by atoms with E-state index >= 15 is 0 Å². The zero-order chi connectivity index (χ0) is 10.8. The molecule has 0 amide bonds. The summed E-state index contributed by atoms with van der Waals surface area (Å²) in [6.45, 7) is 5.64. The Hall–Kier alpha value is -1.97. The van der Waals surface area contributed by atoms with Gasteiger partial charge in [0.2, 0.25) is 0 Å². The van der Waals surface area contributed by atoms with Crippen molar-refractivity contribution in [3.05, 3.63) is 30.9 Å². The number of para-hydroxylation sites is 1. The minimum atomic E-state index is 0.110. The van der Waals surface area contributed by atoms with Gasteiger partial charge in [-0.15, -0.1) is 6.58 Å². The Bertz CT molecular complexity index is 490. The smallest absolute Gasteiger partial charge is 0.296 e. The molecule has 4 nitrogen and oxygen atoms in total. The number of nitrogens with zero attached hydrogens (tertiary/aromatic N) is 1. The van der Waals surface area contributed by atoms with Crippen LogP contribution in [0, 0.1) is 0 Å². The van der Waals surface area contributed by atoms with Gasteiger partial charge in [-0.1, -0.05) is 12.1 Å². The number of hydrogen-bond acceptors (Lipinski definition) is 4. The Morgan fingerprint density at radius 3 is 3.07 bits per heavy atom. The van der Waals surface area contributed by atoms with E-state index in [-0.39, 0.29) is 6.04 Å². The molecule has 0 spiro atoms. The van der Waals surface area contributed by atoms with E-state index in [0.717, 1.165) is 0 Å². The van der Waals surface area contributed by atoms with Gasteiger partial charge in [0.1, 0.15) is 5.52 Å². The lowest BCUT2D eigenvalue weighted by molar-refractivity contribution is 0.610. The first kappa shape index (κ1) is 9.58. The summed E-state index contributed by atoms with van der Waals surface area (Å²) >= 11 is 0. The molecule has 1 aromatic carbocycles. The van der Waals surface area contributed by atoms with E-state index in [9.17, 15) is 0 Å². The second-order valence-corrected chi connectivity index (χ2v) is 3.38. The number of nitrogens with one attached hydrogen (secondary N) is 1. The van der Waals surface area contributed by atoms with Crippen LogP contribution in [0.4, 0.5) is 11.7 Å². The number of benzene rings is 1. The Kier molecular flexibility index (Phi) is 2.33. The summed E-state index contributed by atoms with van der Waals surface area (Å²) < 4.78 is 5.47. The molecule has 2 rings (SSSR count). The van der Waals surface area contributed by atoms with Crippen LogP contribution in [-0.4, -0.2) is 11.0 Å². The molecular formula is C11H13N3O. The second kappa shape index (κ2) is 3.65. The van der Waals surface area contributed by atoms with E-state index in [0.29, 0.717) is 22.8 Å². The lowest BCUT2D eigenvalue weighted by Crippen LogP contribution is -2.11. The van der Waals surface area contributed by atoms with Crippen LogP contribution in [0.3, 0.4) is 0 Å². The van der Waals surface area contributed by atoms with Gasteiger partial charge in [-0.05, 0) is 19.1 Å². The molecule has 1 heterocycles. The van der Waals surface area contributed by atoms with Crippen LogP contribution in [0.2, 0.25) is 0 Å². The van der Waals surface area contributed by atoms with Crippen LogP contribution in [0.1, 0.15) is 6.92 Å². The molecular weight excluding hydrogens is 190 g/mol. The third-order valence-electron chi connectivity index (χ3n) is 2.15. The fraction of sp³-hybridized carbons (Fsp3) is 0.182. The fourth-order valence-corrected chi connectivity index (χ4v) is 1.29. The Labute approximate surface area is 87.8 Å². The van der Waals surface area contributed by atoms with Gasteiger partial charge in [-0.25, -0.2) is 0 Å². The highest BCUT2D eigenvalue weighted by Crippen LogP contribution is 2.23. The quantitative estimate of drug-likeness (QED) is 0.594. The van der Waals surface area contributed by atoms with Gasteiger partial charge in [0.05, 0.1) is 5.69 Å². The van der Waals surface area contributed by atoms with E-state index in [1.54, 1.807) is 12.1 Å². The molecule has 78 valence electrons. The maximum Gasteiger partial charge on any atom is 0.296 e. The minimum absolute atomic E-state index is 0.110. The van der Waals surface area contributed by atoms with Crippen molar-refractivity contribution >= 4 is 22.8 Å². The Morgan fingerprint density at radius 1 is 1.60 bits per heavy atom. The molecule has 15 heavy (non-hydrogen) atoms. The highest BCUT2D eigenvalue weighted by atomic mass is 16.4. The van der Waals surface area contributed by atoms with Crippen LogP contribution >= 0.6 is 0 Å². The monoisotopic (exact) mass is 203 g/mol. The van der Waals surface area contributed by atoms with Crippen LogP contribution in [-0.2, 0) is 0 Å². The van der Waals surface area contributed by atoms with E-state index < -0.39 is 0 Å². The van der Waals surface area contributed by atoms with Gasteiger partial charge in [0.25, 0.3) is 6.01 Å². The topological polar surface area (TPSA) is 64.1 Å². The van der Waals surface area contributed by atoms with Crippen molar-refractivity contribution in [1.29, 1.82) is 0 Å². The molecule has 0 fully saturated rings. The summed E-state index contributed by atoms with van der Waals surface area (Å²) in [5, 5.41) is 3.06. The van der Waals surface area contributed by atoms with E-state index in [1.165, 1.54) is 0 Å². The number of nitrogen functional groups attached to an aromatic ring is 1. The predicted molar refractivity (Wildman–Crippen MR) is 61.7 cm³/mol. The molecule has 1 atom stereocenters. The van der Waals surface area contributed by atoms with E-state index in [2.05, 4.69) is 16.9 Å². The van der Waals surface area contributed by atoms with Crippen molar-refractivity contribution < 1.29 is 4.42 Å². The van der Waals surface area contributed by atoms with Crippen molar-refractivity contribution in [2.24, 2.45) is 0 Å². The van der Waals surface area contributed by atoms with Gasteiger partial charge in [-0.2, -0.15) is 4.98 Å². The lowest BCUT2D eigenvalue weighted by Gasteiger charge is -2.04. The van der Waals surface area contributed by atoms with E-state index in [1.807, 2.05) is 19.1 Å². The SMILES string of the molecule is C=CC(C)Nc1nc2c(N)cccc2o1. The summed E-state index contributed by atoms with van der Waals surface area (Å²) in [4.78, 5) is 4.25. The highest BCUT2D eigenvalue weighted by Gasteiger charge is 2.08. The molecule has 4 heteroatoms. The molecule has 1 unspecified atom stereocenters. The molecule has 0 bridgehead atoms. The third kappa shape index (κ3) is 1.79. The first-order valence-electron chi connectivity index (χ1n) is 4.75. The number of oxazole rings is 1. The number of nitrogens with two attached hydrogens (primary N) is 1. The fourth-order valence-electron chi connectivity index (χ4n) is 1.29. The molecule has 0 saturated carbocycles. The van der Waals surface area contributed by atoms with Crippen LogP contribution in [0.5, 0.6) is 0 Å². The number of hydrogen-bond donors (Lipinski definition) is 2. The molecule has 0 radical (unpaired) electrons. The highest BCUT2D eigenvalue weighted by molar-refractivity contribution is 5.86. The molecule has 0 aliphatic carbocycles. The number of fused-ring (bicyclic) bond motifs is 1. The zero-order valence-electron chi connectivity index (χ0n) is 8.53. The van der Waals surface area contributed by atoms with E-state index in [4.69, 9.17) is 10.2 Å². The van der Waals surface area contributed by atoms with Gasteiger partial charge in [0.15, 0.2) is 5.58 Å². The summed E-state index contributed by atoms with van der Waals surface area (Å²) in [7, 11) is 0. The minimum Gasteiger partial charge on any atom is -0.423 e. The molecule has 3 N–H and O–H groups in total. The predicted octanol–water partition coefficient (Wildman–Crippen LogP) is 2.40. The van der Waals surface area contributed by atoms with Gasteiger partial charge < -0.3 is 15.5 Å². The maximum atomic E-state index is 5.76. The van der Waals surface area contributed by atoms with Crippen molar-refractivity contribution in [3.63, 3.8) is 0 Å². The summed E-state index contributed by atoms with van der Waals surface area (Å²) in [5.74, 6) is 0. The van der Waals surface area contributed by atoms with Crippen LogP contribution in [0.25, 0.3) is 11.1 Å². The molecule has 0 saturated heterocycles. The maximum absolute atomic E-state index is 5.76. The molecule has 2 aromatic rings. The summed E-state index contributed by atoms with van der Waals surface area (Å²) in [6, 6.07) is 6.05. The van der Waals surface area contributed by atoms with Crippen LogP contribution in [0.15, 0.2) is 35.3 Å². The average molecular weight is 203 g/mol. The van der Waals surface area contributed by atoms with Crippen LogP contribution < -0.4 is 11.1 Å². The van der Waals surface area contributed by atoms with Crippen molar-refractivity contribution in [2.45, 2.75) is 13.0 Å². The molecule has 1 aromatic heterocycles. The first-order valence-corrected chi connectivity index (χ1v) is 4.75. The number of anilines is 2. The van der Waals surface area contributed by atoms with Crippen molar-refractivity contribution in [3.8, 4) is 0 Å². The Morgan fingerprint density at radius 2 is 2.40 bits per heavy atom. The average Bonchev–Trinajstić information content (AvgIpc) is 2.62. The normalized spacial score (nSPS) is 12.6. The van der Waals surface area contributed by atoms with Gasteiger partial charge in [0, 0.05) is 6.04 Å². The zero-order valence-corrected chi connectivity index (χ0v) is 8.53. The van der Waals surface area contributed by atoms with Gasteiger partial charge >= 0.3 is 0 Å². The third-order valence-corrected chi connectivity index (χ3v) is 2.15. The summed E-state index contributed by atoms with van der Waals surface area (Å²) in [6.07, 6.45) is 1.78. The molecule has 0 aliphatic heterocycles. The summed E-state index contributed by atoms with van der Waals surface area (Å²) in [5.41, 5.74) is 7.76. The van der Waals surface area contributed by atoms with Gasteiger partial charge in [-0.3, -0.25) is 0 Å². The first-order chi connectivity index (χ1) is 7.20. The number of rotatable bonds is 3. The molecule has 0 aliphatic rings. The largest absolute Gasteiger partial charge is 0.423 e.